The predicted octanol–water partition coefficient (Wildman–Crippen LogP) is 2.95. The maximum absolute atomic E-state index is 11.9. The van der Waals surface area contributed by atoms with Crippen LogP contribution < -0.4 is 5.43 Å². The second-order valence-corrected chi connectivity index (χ2v) is 4.94. The zero-order valence-corrected chi connectivity index (χ0v) is 11.4. The number of nitrogens with zero attached hydrogens (tertiary/aromatic N) is 2. The van der Waals surface area contributed by atoms with E-state index in [1.165, 1.54) is 12.5 Å². The summed E-state index contributed by atoms with van der Waals surface area (Å²) < 4.78 is 0. The lowest BCUT2D eigenvalue weighted by Gasteiger charge is -2.12. The van der Waals surface area contributed by atoms with Gasteiger partial charge in [-0.3, -0.25) is 14.9 Å². The minimum absolute atomic E-state index is 0.0528. The number of rotatable bonds is 3. The molecule has 0 bridgehead atoms. The van der Waals surface area contributed by atoms with Crippen molar-refractivity contribution in [1.82, 2.24) is 5.43 Å². The molecule has 1 amide bonds. The Hall–Kier alpha value is -2.24. The van der Waals surface area contributed by atoms with E-state index in [9.17, 15) is 14.9 Å². The first-order chi connectivity index (χ1) is 9.58. The Balaban J connectivity index is 2.09. The molecule has 0 saturated heterocycles. The van der Waals surface area contributed by atoms with Crippen molar-refractivity contribution in [3.63, 3.8) is 0 Å². The van der Waals surface area contributed by atoms with Crippen molar-refractivity contribution in [2.45, 2.75) is 39.0 Å². The molecule has 0 aliphatic heterocycles. The highest BCUT2D eigenvalue weighted by molar-refractivity contribution is 5.96. The standard InChI is InChI=1S/C14H17N3O3/c1-10-7-8-11(9-13(10)17(19)20)14(18)16-15-12-5-3-2-4-6-12/h7-9H,2-6H2,1H3,(H,16,18). The SMILES string of the molecule is Cc1ccc(C(=O)NN=C2CCCCC2)cc1[N+](=O)[O-]. The average molecular weight is 275 g/mol. The van der Waals surface area contributed by atoms with E-state index in [1.807, 2.05) is 0 Å². The van der Waals surface area contributed by atoms with Crippen molar-refractivity contribution in [2.24, 2.45) is 5.10 Å². The summed E-state index contributed by atoms with van der Waals surface area (Å²) in [5.41, 5.74) is 4.20. The lowest BCUT2D eigenvalue weighted by atomic mass is 9.99. The molecule has 20 heavy (non-hydrogen) atoms. The highest BCUT2D eigenvalue weighted by atomic mass is 16.6. The van der Waals surface area contributed by atoms with Crippen LogP contribution in [-0.4, -0.2) is 16.5 Å². The van der Waals surface area contributed by atoms with Crippen LogP contribution in [0.2, 0.25) is 0 Å². The fourth-order valence-corrected chi connectivity index (χ4v) is 2.21. The van der Waals surface area contributed by atoms with Crippen molar-refractivity contribution in [2.75, 3.05) is 0 Å². The van der Waals surface area contributed by atoms with Crippen molar-refractivity contribution >= 4 is 17.3 Å². The summed E-state index contributed by atoms with van der Waals surface area (Å²) in [5.74, 6) is -0.411. The maximum atomic E-state index is 11.9. The smallest absolute Gasteiger partial charge is 0.267 e. The van der Waals surface area contributed by atoms with Crippen LogP contribution in [0.15, 0.2) is 23.3 Å². The zero-order valence-electron chi connectivity index (χ0n) is 11.4. The molecule has 1 N–H and O–H groups in total. The molecule has 106 valence electrons. The van der Waals surface area contributed by atoms with Crippen LogP contribution in [-0.2, 0) is 0 Å². The van der Waals surface area contributed by atoms with E-state index in [0.717, 1.165) is 31.4 Å². The van der Waals surface area contributed by atoms with Gasteiger partial charge in [0.15, 0.2) is 0 Å². The first-order valence-corrected chi connectivity index (χ1v) is 6.69. The van der Waals surface area contributed by atoms with Crippen molar-refractivity contribution < 1.29 is 9.72 Å². The maximum Gasteiger partial charge on any atom is 0.273 e. The van der Waals surface area contributed by atoms with Gasteiger partial charge in [0.25, 0.3) is 11.6 Å². The second-order valence-electron chi connectivity index (χ2n) is 4.94. The molecule has 1 fully saturated rings. The van der Waals surface area contributed by atoms with E-state index < -0.39 is 10.8 Å². The van der Waals surface area contributed by atoms with Crippen LogP contribution in [0.5, 0.6) is 0 Å². The Kier molecular flexibility index (Phi) is 4.45. The Morgan fingerprint density at radius 1 is 1.30 bits per heavy atom. The van der Waals surface area contributed by atoms with Crippen LogP contribution in [0, 0.1) is 17.0 Å². The lowest BCUT2D eigenvalue weighted by Crippen LogP contribution is -2.20. The van der Waals surface area contributed by atoms with Gasteiger partial charge in [-0.25, -0.2) is 5.43 Å². The minimum Gasteiger partial charge on any atom is -0.267 e. The number of carbonyl (C=O) groups is 1. The summed E-state index contributed by atoms with van der Waals surface area (Å²) in [6.07, 6.45) is 5.23. The molecular weight excluding hydrogens is 258 g/mol. The number of nitro benzene ring substituents is 1. The summed E-state index contributed by atoms with van der Waals surface area (Å²) in [7, 11) is 0. The number of hydrazone groups is 1. The molecule has 0 heterocycles. The molecule has 6 heteroatoms. The second kappa shape index (κ2) is 6.27. The number of nitrogens with one attached hydrogen (secondary N) is 1. The first-order valence-electron chi connectivity index (χ1n) is 6.69. The molecule has 2 rings (SSSR count). The van der Waals surface area contributed by atoms with Crippen molar-refractivity contribution in [3.8, 4) is 0 Å². The molecule has 1 aliphatic rings. The molecule has 0 spiro atoms. The van der Waals surface area contributed by atoms with E-state index in [-0.39, 0.29) is 11.3 Å². The Labute approximate surface area is 117 Å². The third kappa shape index (κ3) is 3.40. The van der Waals surface area contributed by atoms with E-state index in [0.29, 0.717) is 5.56 Å². The van der Waals surface area contributed by atoms with Crippen molar-refractivity contribution in [1.29, 1.82) is 0 Å². The highest BCUT2D eigenvalue weighted by Gasteiger charge is 2.15. The van der Waals surface area contributed by atoms with E-state index >= 15 is 0 Å². The fraction of sp³-hybridized carbons (Fsp3) is 0.429. The molecule has 0 atom stereocenters. The van der Waals surface area contributed by atoms with Gasteiger partial charge in [0.1, 0.15) is 0 Å². The average Bonchev–Trinajstić information content (AvgIpc) is 2.46. The number of hydrogen-bond acceptors (Lipinski definition) is 4. The molecule has 1 aromatic rings. The molecule has 0 radical (unpaired) electrons. The third-order valence-electron chi connectivity index (χ3n) is 3.41. The van der Waals surface area contributed by atoms with Gasteiger partial charge >= 0.3 is 0 Å². The normalized spacial score (nSPS) is 14.8. The topological polar surface area (TPSA) is 84.6 Å². The van der Waals surface area contributed by atoms with Gasteiger partial charge in [-0.1, -0.05) is 12.5 Å². The zero-order chi connectivity index (χ0) is 14.5. The van der Waals surface area contributed by atoms with Gasteiger partial charge in [0.05, 0.1) is 4.92 Å². The third-order valence-corrected chi connectivity index (χ3v) is 3.41. The van der Waals surface area contributed by atoms with Crippen LogP contribution in [0.1, 0.15) is 48.0 Å². The molecule has 1 aromatic carbocycles. The van der Waals surface area contributed by atoms with Crippen LogP contribution in [0.4, 0.5) is 5.69 Å². The van der Waals surface area contributed by atoms with Crippen LogP contribution in [0.25, 0.3) is 0 Å². The molecule has 6 nitrogen and oxygen atoms in total. The molecule has 1 saturated carbocycles. The summed E-state index contributed by atoms with van der Waals surface area (Å²) in [6.45, 7) is 1.64. The monoisotopic (exact) mass is 275 g/mol. The fourth-order valence-electron chi connectivity index (χ4n) is 2.21. The van der Waals surface area contributed by atoms with Gasteiger partial charge in [-0.05, 0) is 38.7 Å². The van der Waals surface area contributed by atoms with Gasteiger partial charge in [-0.2, -0.15) is 5.10 Å². The Morgan fingerprint density at radius 2 is 2.00 bits per heavy atom. The van der Waals surface area contributed by atoms with Gasteiger partial charge < -0.3 is 0 Å². The predicted molar refractivity (Wildman–Crippen MR) is 75.8 cm³/mol. The van der Waals surface area contributed by atoms with Crippen LogP contribution in [0.3, 0.4) is 0 Å². The largest absolute Gasteiger partial charge is 0.273 e. The minimum atomic E-state index is -0.487. The number of nitro groups is 1. The molecule has 0 unspecified atom stereocenters. The summed E-state index contributed by atoms with van der Waals surface area (Å²) in [4.78, 5) is 22.3. The number of hydrogen-bond donors (Lipinski definition) is 1. The van der Waals surface area contributed by atoms with Crippen molar-refractivity contribution in [3.05, 3.63) is 39.4 Å². The summed E-state index contributed by atoms with van der Waals surface area (Å²) >= 11 is 0. The van der Waals surface area contributed by atoms with E-state index in [4.69, 9.17) is 0 Å². The Bertz CT molecular complexity index is 559. The van der Waals surface area contributed by atoms with Gasteiger partial charge in [-0.15, -0.1) is 0 Å². The lowest BCUT2D eigenvalue weighted by molar-refractivity contribution is -0.385. The van der Waals surface area contributed by atoms with Gasteiger partial charge in [0, 0.05) is 22.9 Å². The highest BCUT2D eigenvalue weighted by Crippen LogP contribution is 2.19. The molecule has 0 aromatic heterocycles. The quantitative estimate of drug-likeness (QED) is 0.679. The number of benzene rings is 1. The number of carbonyl (C=O) groups excluding carboxylic acids is 1. The summed E-state index contributed by atoms with van der Waals surface area (Å²) in [6, 6.07) is 4.42. The summed E-state index contributed by atoms with van der Waals surface area (Å²) in [5, 5.41) is 15.0. The van der Waals surface area contributed by atoms with Gasteiger partial charge in [0.2, 0.25) is 0 Å². The van der Waals surface area contributed by atoms with Crippen LogP contribution >= 0.6 is 0 Å². The number of aryl methyl sites for hydroxylation is 1. The first kappa shape index (κ1) is 14.2. The van der Waals surface area contributed by atoms with E-state index in [2.05, 4.69) is 10.5 Å². The van der Waals surface area contributed by atoms with E-state index in [1.54, 1.807) is 19.1 Å². The Morgan fingerprint density at radius 3 is 2.65 bits per heavy atom. The molecule has 1 aliphatic carbocycles. The molecular formula is C14H17N3O3. The number of amides is 1.